The predicted octanol–water partition coefficient (Wildman–Crippen LogP) is 0.837. The first-order chi connectivity index (χ1) is 8.79. The standard InChI is InChI=1S/C10H9F3N2O4/c11-10(12,13)5-15-8(16)4-19-7-3-14-2-1-6(7)9(17)18/h1-3H,4-5H2,(H,15,16)(H,17,18). The number of halogens is 3. The van der Waals surface area contributed by atoms with Gasteiger partial charge in [0, 0.05) is 6.20 Å². The van der Waals surface area contributed by atoms with Crippen LogP contribution in [-0.4, -0.2) is 41.3 Å². The van der Waals surface area contributed by atoms with Crippen molar-refractivity contribution in [2.24, 2.45) is 0 Å². The number of ether oxygens (including phenoxy) is 1. The van der Waals surface area contributed by atoms with Gasteiger partial charge in [0.05, 0.1) is 6.20 Å². The van der Waals surface area contributed by atoms with E-state index in [-0.39, 0.29) is 11.3 Å². The van der Waals surface area contributed by atoms with Crippen LogP contribution in [0.4, 0.5) is 13.2 Å². The fraction of sp³-hybridized carbons (Fsp3) is 0.300. The Kier molecular flexibility index (Phi) is 4.67. The molecule has 9 heteroatoms. The summed E-state index contributed by atoms with van der Waals surface area (Å²) in [6.07, 6.45) is -2.25. The Balaban J connectivity index is 2.53. The highest BCUT2D eigenvalue weighted by molar-refractivity contribution is 5.90. The molecule has 104 valence electrons. The van der Waals surface area contributed by atoms with Gasteiger partial charge in [-0.1, -0.05) is 0 Å². The highest BCUT2D eigenvalue weighted by Crippen LogP contribution is 2.16. The highest BCUT2D eigenvalue weighted by atomic mass is 19.4. The summed E-state index contributed by atoms with van der Waals surface area (Å²) in [5.41, 5.74) is -0.237. The largest absolute Gasteiger partial charge is 0.481 e. The maximum atomic E-state index is 11.8. The van der Waals surface area contributed by atoms with Gasteiger partial charge in [-0.3, -0.25) is 9.78 Å². The third kappa shape index (κ3) is 5.23. The Morgan fingerprint density at radius 3 is 2.68 bits per heavy atom. The molecule has 1 aromatic rings. The Labute approximate surface area is 105 Å². The molecule has 1 heterocycles. The number of nitrogens with zero attached hydrogens (tertiary/aromatic N) is 1. The van der Waals surface area contributed by atoms with Crippen molar-refractivity contribution in [1.29, 1.82) is 0 Å². The van der Waals surface area contributed by atoms with Crippen LogP contribution in [-0.2, 0) is 4.79 Å². The van der Waals surface area contributed by atoms with Crippen LogP contribution in [0, 0.1) is 0 Å². The summed E-state index contributed by atoms with van der Waals surface area (Å²) >= 11 is 0. The van der Waals surface area contributed by atoms with Crippen molar-refractivity contribution in [2.75, 3.05) is 13.2 Å². The fourth-order valence-corrected chi connectivity index (χ4v) is 1.06. The number of aromatic nitrogens is 1. The molecule has 0 aliphatic heterocycles. The summed E-state index contributed by atoms with van der Waals surface area (Å²) in [6.45, 7) is -2.21. The summed E-state index contributed by atoms with van der Waals surface area (Å²) in [4.78, 5) is 25.4. The van der Waals surface area contributed by atoms with Crippen molar-refractivity contribution < 1.29 is 32.6 Å². The van der Waals surface area contributed by atoms with E-state index in [9.17, 15) is 22.8 Å². The number of aromatic carboxylic acids is 1. The van der Waals surface area contributed by atoms with Crippen LogP contribution in [0.2, 0.25) is 0 Å². The molecule has 1 aromatic heterocycles. The van der Waals surface area contributed by atoms with Gasteiger partial charge in [0.2, 0.25) is 0 Å². The lowest BCUT2D eigenvalue weighted by atomic mass is 10.2. The molecule has 19 heavy (non-hydrogen) atoms. The molecular weight excluding hydrogens is 269 g/mol. The lowest BCUT2D eigenvalue weighted by Crippen LogP contribution is -2.36. The van der Waals surface area contributed by atoms with Crippen LogP contribution in [0.5, 0.6) is 5.75 Å². The Morgan fingerprint density at radius 1 is 1.42 bits per heavy atom. The second-order valence-electron chi connectivity index (χ2n) is 3.36. The van der Waals surface area contributed by atoms with E-state index in [1.807, 2.05) is 0 Å². The molecule has 0 aliphatic carbocycles. The van der Waals surface area contributed by atoms with Crippen LogP contribution in [0.25, 0.3) is 0 Å². The van der Waals surface area contributed by atoms with E-state index in [0.717, 1.165) is 12.3 Å². The van der Waals surface area contributed by atoms with Gasteiger partial charge in [-0.25, -0.2) is 4.79 Å². The van der Waals surface area contributed by atoms with E-state index in [4.69, 9.17) is 9.84 Å². The minimum absolute atomic E-state index is 0.197. The van der Waals surface area contributed by atoms with Crippen molar-refractivity contribution in [1.82, 2.24) is 10.3 Å². The SMILES string of the molecule is O=C(COc1cnccc1C(=O)O)NCC(F)(F)F. The van der Waals surface area contributed by atoms with Crippen LogP contribution in [0.1, 0.15) is 10.4 Å². The molecule has 6 nitrogen and oxygen atoms in total. The van der Waals surface area contributed by atoms with Gasteiger partial charge in [-0.15, -0.1) is 0 Å². The first-order valence-electron chi connectivity index (χ1n) is 4.93. The molecule has 0 atom stereocenters. The molecule has 0 fully saturated rings. The minimum Gasteiger partial charge on any atom is -0.481 e. The van der Waals surface area contributed by atoms with E-state index >= 15 is 0 Å². The molecule has 0 aromatic carbocycles. The Morgan fingerprint density at radius 2 is 2.11 bits per heavy atom. The van der Waals surface area contributed by atoms with Crippen LogP contribution in [0.3, 0.4) is 0 Å². The van der Waals surface area contributed by atoms with Crippen LogP contribution in [0.15, 0.2) is 18.5 Å². The van der Waals surface area contributed by atoms with Gasteiger partial charge in [-0.2, -0.15) is 13.2 Å². The smallest absolute Gasteiger partial charge is 0.405 e. The molecule has 0 saturated heterocycles. The quantitative estimate of drug-likeness (QED) is 0.833. The number of rotatable bonds is 5. The maximum absolute atomic E-state index is 11.8. The predicted molar refractivity (Wildman–Crippen MR) is 55.8 cm³/mol. The minimum atomic E-state index is -4.52. The molecule has 0 radical (unpaired) electrons. The first kappa shape index (κ1) is 14.7. The average Bonchev–Trinajstić information content (AvgIpc) is 2.33. The third-order valence-electron chi connectivity index (χ3n) is 1.86. The van der Waals surface area contributed by atoms with E-state index < -0.39 is 31.2 Å². The summed E-state index contributed by atoms with van der Waals surface area (Å²) < 4.78 is 40.2. The number of amides is 1. The zero-order chi connectivity index (χ0) is 14.5. The molecule has 0 bridgehead atoms. The molecular formula is C10H9F3N2O4. The number of carbonyl (C=O) groups is 2. The highest BCUT2D eigenvalue weighted by Gasteiger charge is 2.27. The topological polar surface area (TPSA) is 88.5 Å². The number of hydrogen-bond donors (Lipinski definition) is 2. The second kappa shape index (κ2) is 6.03. The number of alkyl halides is 3. The number of carboxylic acid groups (broad SMARTS) is 1. The van der Waals surface area contributed by atoms with Gasteiger partial charge in [0.1, 0.15) is 12.1 Å². The molecule has 1 rings (SSSR count). The fourth-order valence-electron chi connectivity index (χ4n) is 1.06. The molecule has 0 saturated carbocycles. The number of nitrogens with one attached hydrogen (secondary N) is 1. The molecule has 1 amide bonds. The number of carboxylic acids is 1. The molecule has 0 unspecified atom stereocenters. The lowest BCUT2D eigenvalue weighted by Gasteiger charge is -2.10. The first-order valence-corrected chi connectivity index (χ1v) is 4.93. The van der Waals surface area contributed by atoms with Crippen molar-refractivity contribution >= 4 is 11.9 Å². The maximum Gasteiger partial charge on any atom is 0.405 e. The van der Waals surface area contributed by atoms with E-state index in [2.05, 4.69) is 4.98 Å². The third-order valence-corrected chi connectivity index (χ3v) is 1.86. The van der Waals surface area contributed by atoms with E-state index in [0.29, 0.717) is 0 Å². The van der Waals surface area contributed by atoms with Gasteiger partial charge >= 0.3 is 12.1 Å². The summed E-state index contributed by atoms with van der Waals surface area (Å²) in [6, 6.07) is 1.14. The number of carbonyl (C=O) groups excluding carboxylic acids is 1. The Bertz CT molecular complexity index is 476. The molecule has 0 spiro atoms. The summed E-state index contributed by atoms with van der Waals surface area (Å²) in [5.74, 6) is -2.51. The van der Waals surface area contributed by atoms with Gasteiger partial charge < -0.3 is 15.2 Å². The Hall–Kier alpha value is -2.32. The average molecular weight is 278 g/mol. The van der Waals surface area contributed by atoms with E-state index in [1.54, 1.807) is 5.32 Å². The lowest BCUT2D eigenvalue weighted by molar-refractivity contribution is -0.139. The summed E-state index contributed by atoms with van der Waals surface area (Å²) in [7, 11) is 0. The van der Waals surface area contributed by atoms with Crippen molar-refractivity contribution in [3.8, 4) is 5.75 Å². The van der Waals surface area contributed by atoms with Crippen LogP contribution >= 0.6 is 0 Å². The van der Waals surface area contributed by atoms with Crippen molar-refractivity contribution in [2.45, 2.75) is 6.18 Å². The van der Waals surface area contributed by atoms with Crippen molar-refractivity contribution in [3.63, 3.8) is 0 Å². The monoisotopic (exact) mass is 278 g/mol. The summed E-state index contributed by atoms with van der Waals surface area (Å²) in [5, 5.41) is 10.4. The van der Waals surface area contributed by atoms with Gasteiger partial charge in [-0.05, 0) is 6.07 Å². The van der Waals surface area contributed by atoms with E-state index in [1.165, 1.54) is 6.20 Å². The van der Waals surface area contributed by atoms with Gasteiger partial charge in [0.25, 0.3) is 5.91 Å². The van der Waals surface area contributed by atoms with Crippen molar-refractivity contribution in [3.05, 3.63) is 24.0 Å². The number of hydrogen-bond acceptors (Lipinski definition) is 4. The van der Waals surface area contributed by atoms with Crippen LogP contribution < -0.4 is 10.1 Å². The van der Waals surface area contributed by atoms with Gasteiger partial charge in [0.15, 0.2) is 12.4 Å². The molecule has 0 aliphatic rings. The second-order valence-corrected chi connectivity index (χ2v) is 3.36. The number of pyridine rings is 1. The normalized spacial score (nSPS) is 10.9. The zero-order valence-electron chi connectivity index (χ0n) is 9.40. The molecule has 2 N–H and O–H groups in total. The zero-order valence-corrected chi connectivity index (χ0v) is 9.40.